The van der Waals surface area contributed by atoms with Crippen molar-refractivity contribution < 1.29 is 5.21 Å². The molecule has 2 heterocycles. The maximum atomic E-state index is 8.82. The Morgan fingerprint density at radius 1 is 1.50 bits per heavy atom. The Labute approximate surface area is 119 Å². The lowest BCUT2D eigenvalue weighted by molar-refractivity contribution is 0.257. The van der Waals surface area contributed by atoms with Crippen LogP contribution >= 0.6 is 0 Å². The standard InChI is InChI=1S/C14H23N5O/c1-10-7-11(14(15)17-20)8-13(16-10)19-6-4-5-12(9-19)18(2)3/h7-8,12,20H,4-6,9H2,1-3H3,(H2,15,17). The molecule has 1 aliphatic heterocycles. The summed E-state index contributed by atoms with van der Waals surface area (Å²) in [5.74, 6) is 1.02. The van der Waals surface area contributed by atoms with E-state index in [1.807, 2.05) is 19.1 Å². The van der Waals surface area contributed by atoms with Gasteiger partial charge in [-0.1, -0.05) is 5.16 Å². The molecule has 1 saturated heterocycles. The molecule has 6 heteroatoms. The third-order valence-corrected chi connectivity index (χ3v) is 3.79. The number of amidine groups is 1. The zero-order valence-corrected chi connectivity index (χ0v) is 12.4. The fourth-order valence-corrected chi connectivity index (χ4v) is 2.60. The number of aryl methyl sites for hydroxylation is 1. The Kier molecular flexibility index (Phi) is 4.44. The second kappa shape index (κ2) is 6.09. The van der Waals surface area contributed by atoms with E-state index in [4.69, 9.17) is 10.9 Å². The number of piperidine rings is 1. The van der Waals surface area contributed by atoms with E-state index >= 15 is 0 Å². The van der Waals surface area contributed by atoms with Crippen LogP contribution in [-0.4, -0.2) is 54.2 Å². The molecule has 6 nitrogen and oxygen atoms in total. The number of hydrogen-bond donors (Lipinski definition) is 2. The zero-order chi connectivity index (χ0) is 14.7. The summed E-state index contributed by atoms with van der Waals surface area (Å²) in [6.45, 7) is 3.88. The highest BCUT2D eigenvalue weighted by Gasteiger charge is 2.22. The minimum Gasteiger partial charge on any atom is -0.409 e. The van der Waals surface area contributed by atoms with Gasteiger partial charge in [0.1, 0.15) is 5.82 Å². The van der Waals surface area contributed by atoms with Crippen molar-refractivity contribution in [1.82, 2.24) is 9.88 Å². The van der Waals surface area contributed by atoms with Crippen molar-refractivity contribution in [3.63, 3.8) is 0 Å². The summed E-state index contributed by atoms with van der Waals surface area (Å²) in [5, 5.41) is 11.9. The number of anilines is 1. The fourth-order valence-electron chi connectivity index (χ4n) is 2.60. The van der Waals surface area contributed by atoms with Crippen LogP contribution in [0.1, 0.15) is 24.1 Å². The minimum atomic E-state index is 0.123. The van der Waals surface area contributed by atoms with Gasteiger partial charge in [0.2, 0.25) is 0 Å². The SMILES string of the molecule is Cc1cc(/C(N)=N/O)cc(N2CCCC(N(C)C)C2)n1. The molecule has 0 spiro atoms. The van der Waals surface area contributed by atoms with Gasteiger partial charge in [0, 0.05) is 30.4 Å². The third kappa shape index (κ3) is 3.19. The van der Waals surface area contributed by atoms with Gasteiger partial charge in [0.05, 0.1) is 0 Å². The van der Waals surface area contributed by atoms with Crippen LogP contribution in [0.25, 0.3) is 0 Å². The number of oxime groups is 1. The van der Waals surface area contributed by atoms with Crippen LogP contribution < -0.4 is 10.6 Å². The van der Waals surface area contributed by atoms with Crippen LogP contribution in [0.5, 0.6) is 0 Å². The van der Waals surface area contributed by atoms with Gasteiger partial charge >= 0.3 is 0 Å². The molecule has 1 aromatic rings. The molecule has 0 aromatic carbocycles. The van der Waals surface area contributed by atoms with Gasteiger partial charge in [0.25, 0.3) is 0 Å². The summed E-state index contributed by atoms with van der Waals surface area (Å²) in [6, 6.07) is 4.25. The minimum absolute atomic E-state index is 0.123. The monoisotopic (exact) mass is 277 g/mol. The molecule has 1 fully saturated rings. The van der Waals surface area contributed by atoms with Crippen LogP contribution in [0.15, 0.2) is 17.3 Å². The van der Waals surface area contributed by atoms with E-state index < -0.39 is 0 Å². The van der Waals surface area contributed by atoms with Crippen molar-refractivity contribution in [1.29, 1.82) is 0 Å². The fraction of sp³-hybridized carbons (Fsp3) is 0.571. The van der Waals surface area contributed by atoms with Crippen LogP contribution in [0.3, 0.4) is 0 Å². The van der Waals surface area contributed by atoms with Crippen LogP contribution in [0, 0.1) is 6.92 Å². The molecule has 0 amide bonds. The smallest absolute Gasteiger partial charge is 0.170 e. The lowest BCUT2D eigenvalue weighted by atomic mass is 10.0. The van der Waals surface area contributed by atoms with E-state index in [0.29, 0.717) is 11.6 Å². The van der Waals surface area contributed by atoms with E-state index in [2.05, 4.69) is 34.0 Å². The molecule has 0 aliphatic carbocycles. The van der Waals surface area contributed by atoms with Crippen molar-refractivity contribution in [2.75, 3.05) is 32.1 Å². The largest absolute Gasteiger partial charge is 0.409 e. The normalized spacial score (nSPS) is 20.5. The van der Waals surface area contributed by atoms with Crippen LogP contribution in [-0.2, 0) is 0 Å². The highest BCUT2D eigenvalue weighted by Crippen LogP contribution is 2.21. The Morgan fingerprint density at radius 2 is 2.25 bits per heavy atom. The zero-order valence-electron chi connectivity index (χ0n) is 12.4. The number of nitrogens with zero attached hydrogens (tertiary/aromatic N) is 4. The van der Waals surface area contributed by atoms with Crippen molar-refractivity contribution in [2.45, 2.75) is 25.8 Å². The molecule has 20 heavy (non-hydrogen) atoms. The number of aromatic nitrogens is 1. The van der Waals surface area contributed by atoms with Crippen molar-refractivity contribution in [2.24, 2.45) is 10.9 Å². The highest BCUT2D eigenvalue weighted by molar-refractivity contribution is 5.97. The first-order valence-corrected chi connectivity index (χ1v) is 6.89. The average molecular weight is 277 g/mol. The predicted octanol–water partition coefficient (Wildman–Crippen LogP) is 1.01. The second-order valence-electron chi connectivity index (χ2n) is 5.55. The maximum Gasteiger partial charge on any atom is 0.170 e. The molecule has 0 bridgehead atoms. The molecule has 1 aliphatic rings. The molecule has 0 radical (unpaired) electrons. The van der Waals surface area contributed by atoms with Crippen molar-refractivity contribution in [3.8, 4) is 0 Å². The molecular formula is C14H23N5O. The van der Waals surface area contributed by atoms with E-state index in [-0.39, 0.29) is 5.84 Å². The highest BCUT2D eigenvalue weighted by atomic mass is 16.4. The molecule has 2 rings (SSSR count). The molecule has 0 saturated carbocycles. The number of likely N-dealkylation sites (N-methyl/N-ethyl adjacent to an activating group) is 1. The van der Waals surface area contributed by atoms with Crippen LogP contribution in [0.4, 0.5) is 5.82 Å². The second-order valence-corrected chi connectivity index (χ2v) is 5.55. The third-order valence-electron chi connectivity index (χ3n) is 3.79. The number of hydrogen-bond acceptors (Lipinski definition) is 5. The van der Waals surface area contributed by atoms with E-state index in [9.17, 15) is 0 Å². The van der Waals surface area contributed by atoms with Gasteiger partial charge < -0.3 is 20.7 Å². The van der Waals surface area contributed by atoms with Gasteiger partial charge in [-0.05, 0) is 46.0 Å². The van der Waals surface area contributed by atoms with E-state index in [1.165, 1.54) is 6.42 Å². The average Bonchev–Trinajstić information content (AvgIpc) is 2.45. The van der Waals surface area contributed by atoms with Gasteiger partial charge in [0.15, 0.2) is 5.84 Å². The summed E-state index contributed by atoms with van der Waals surface area (Å²) in [7, 11) is 4.22. The predicted molar refractivity (Wildman–Crippen MR) is 80.4 cm³/mol. The number of nitrogens with two attached hydrogens (primary N) is 1. The lowest BCUT2D eigenvalue weighted by Gasteiger charge is -2.37. The Hall–Kier alpha value is -1.82. The van der Waals surface area contributed by atoms with E-state index in [1.54, 1.807) is 0 Å². The van der Waals surface area contributed by atoms with Gasteiger partial charge in [-0.15, -0.1) is 0 Å². The number of rotatable bonds is 3. The maximum absolute atomic E-state index is 8.82. The topological polar surface area (TPSA) is 78.0 Å². The first-order chi connectivity index (χ1) is 9.51. The quantitative estimate of drug-likeness (QED) is 0.373. The van der Waals surface area contributed by atoms with Crippen LogP contribution in [0.2, 0.25) is 0 Å². The molecule has 1 unspecified atom stereocenters. The summed E-state index contributed by atoms with van der Waals surface area (Å²) >= 11 is 0. The first-order valence-electron chi connectivity index (χ1n) is 6.89. The first kappa shape index (κ1) is 14.6. The molecule has 3 N–H and O–H groups in total. The summed E-state index contributed by atoms with van der Waals surface area (Å²) in [6.07, 6.45) is 2.36. The van der Waals surface area contributed by atoms with Crippen molar-refractivity contribution >= 4 is 11.7 Å². The van der Waals surface area contributed by atoms with E-state index in [0.717, 1.165) is 31.0 Å². The van der Waals surface area contributed by atoms with Crippen molar-refractivity contribution in [3.05, 3.63) is 23.4 Å². The van der Waals surface area contributed by atoms with Gasteiger partial charge in [-0.25, -0.2) is 4.98 Å². The Morgan fingerprint density at radius 3 is 2.90 bits per heavy atom. The molecular weight excluding hydrogens is 254 g/mol. The summed E-state index contributed by atoms with van der Waals surface area (Å²) < 4.78 is 0. The lowest BCUT2D eigenvalue weighted by Crippen LogP contribution is -2.45. The Balaban J connectivity index is 2.26. The number of pyridine rings is 1. The van der Waals surface area contributed by atoms with Gasteiger partial charge in [-0.3, -0.25) is 0 Å². The Bertz CT molecular complexity index is 500. The summed E-state index contributed by atoms with van der Waals surface area (Å²) in [5.41, 5.74) is 7.26. The molecule has 1 aromatic heterocycles. The van der Waals surface area contributed by atoms with Gasteiger partial charge in [-0.2, -0.15) is 0 Å². The molecule has 1 atom stereocenters. The summed E-state index contributed by atoms with van der Waals surface area (Å²) in [4.78, 5) is 9.11. The molecule has 110 valence electrons.